The number of aromatic amines is 1. The molecule has 3 rings (SSSR count). The molecule has 7 nitrogen and oxygen atoms in total. The van der Waals surface area contributed by atoms with Crippen molar-refractivity contribution in [3.63, 3.8) is 0 Å². The minimum atomic E-state index is -0.729. The molecule has 2 amide bonds. The number of hydrogen-bond donors (Lipinski definition) is 4. The molecule has 0 fully saturated rings. The molecular weight excluding hydrogens is 294 g/mol. The highest BCUT2D eigenvalue weighted by atomic mass is 16.3. The minimum Gasteiger partial charge on any atom is -0.391 e. The Labute approximate surface area is 132 Å². The largest absolute Gasteiger partial charge is 0.391 e. The fraction of sp³-hybridized carbons (Fsp3) is 0.188. The molecular formula is C16H17N5O2. The molecule has 118 valence electrons. The van der Waals surface area contributed by atoms with Gasteiger partial charge in [-0.3, -0.25) is 10.4 Å². The third-order valence-corrected chi connectivity index (χ3v) is 3.49. The fourth-order valence-corrected chi connectivity index (χ4v) is 2.35. The second-order valence-corrected chi connectivity index (χ2v) is 5.25. The summed E-state index contributed by atoms with van der Waals surface area (Å²) in [6.07, 6.45) is 2.52. The first kappa shape index (κ1) is 15.0. The predicted octanol–water partition coefficient (Wildman–Crippen LogP) is 2.20. The van der Waals surface area contributed by atoms with Gasteiger partial charge >= 0.3 is 6.03 Å². The average Bonchev–Trinajstić information content (AvgIpc) is 3.01. The summed E-state index contributed by atoms with van der Waals surface area (Å²) in [6, 6.07) is 10.1. The zero-order valence-corrected chi connectivity index (χ0v) is 12.5. The molecule has 2 unspecified atom stereocenters. The van der Waals surface area contributed by atoms with E-state index < -0.39 is 18.2 Å². The highest BCUT2D eigenvalue weighted by molar-refractivity contribution is 5.91. The van der Waals surface area contributed by atoms with Gasteiger partial charge in [-0.05, 0) is 18.6 Å². The maximum Gasteiger partial charge on any atom is 0.320 e. The van der Waals surface area contributed by atoms with Crippen molar-refractivity contribution in [2.24, 2.45) is 0 Å². The predicted molar refractivity (Wildman–Crippen MR) is 86.9 cm³/mol. The third kappa shape index (κ3) is 3.46. The Morgan fingerprint density at radius 2 is 2.04 bits per heavy atom. The Balaban J connectivity index is 1.71. The molecule has 3 aromatic rings. The lowest BCUT2D eigenvalue weighted by Gasteiger charge is -2.22. The molecule has 0 aliphatic carbocycles. The van der Waals surface area contributed by atoms with E-state index in [0.717, 1.165) is 16.5 Å². The summed E-state index contributed by atoms with van der Waals surface area (Å²) >= 11 is 0. The molecule has 7 heteroatoms. The van der Waals surface area contributed by atoms with Crippen LogP contribution in [0.25, 0.3) is 10.9 Å². The molecule has 0 saturated heterocycles. The van der Waals surface area contributed by atoms with E-state index in [4.69, 9.17) is 0 Å². The van der Waals surface area contributed by atoms with Crippen LogP contribution in [0.1, 0.15) is 18.5 Å². The van der Waals surface area contributed by atoms with Gasteiger partial charge in [0.05, 0.1) is 30.1 Å². The summed E-state index contributed by atoms with van der Waals surface area (Å²) in [5.41, 5.74) is 1.62. The van der Waals surface area contributed by atoms with E-state index in [9.17, 15) is 9.90 Å². The highest BCUT2D eigenvalue weighted by Crippen LogP contribution is 2.17. The number of aliphatic hydroxyl groups is 1. The maximum atomic E-state index is 12.2. The first-order valence-electron chi connectivity index (χ1n) is 7.23. The summed E-state index contributed by atoms with van der Waals surface area (Å²) in [4.78, 5) is 16.3. The van der Waals surface area contributed by atoms with Gasteiger partial charge < -0.3 is 10.4 Å². The van der Waals surface area contributed by atoms with E-state index in [-0.39, 0.29) is 0 Å². The number of aromatic nitrogens is 3. The van der Waals surface area contributed by atoms with Crippen LogP contribution >= 0.6 is 0 Å². The Morgan fingerprint density at radius 3 is 2.78 bits per heavy atom. The van der Waals surface area contributed by atoms with Crippen LogP contribution in [0, 0.1) is 0 Å². The summed E-state index contributed by atoms with van der Waals surface area (Å²) in [6.45, 7) is 1.63. The number of nitrogens with one attached hydrogen (secondary N) is 3. The first-order valence-corrected chi connectivity index (χ1v) is 7.23. The molecule has 2 heterocycles. The Morgan fingerprint density at radius 1 is 1.26 bits per heavy atom. The van der Waals surface area contributed by atoms with Gasteiger partial charge in [-0.2, -0.15) is 5.10 Å². The molecule has 23 heavy (non-hydrogen) atoms. The highest BCUT2D eigenvalue weighted by Gasteiger charge is 2.19. The lowest BCUT2D eigenvalue weighted by Crippen LogP contribution is -2.37. The smallest absolute Gasteiger partial charge is 0.320 e. The molecule has 2 atom stereocenters. The van der Waals surface area contributed by atoms with Gasteiger partial charge in [0.25, 0.3) is 0 Å². The number of amides is 2. The molecule has 0 aliphatic heterocycles. The average molecular weight is 311 g/mol. The Bertz CT molecular complexity index is 800. The van der Waals surface area contributed by atoms with E-state index in [1.807, 2.05) is 30.3 Å². The van der Waals surface area contributed by atoms with Gasteiger partial charge in [0, 0.05) is 5.39 Å². The van der Waals surface area contributed by atoms with E-state index >= 15 is 0 Å². The van der Waals surface area contributed by atoms with Crippen molar-refractivity contribution in [3.8, 4) is 0 Å². The molecule has 1 aromatic carbocycles. The van der Waals surface area contributed by atoms with Gasteiger partial charge in [0.15, 0.2) is 0 Å². The normalized spacial score (nSPS) is 13.5. The summed E-state index contributed by atoms with van der Waals surface area (Å²) in [5.74, 6) is 0.411. The van der Waals surface area contributed by atoms with Crippen molar-refractivity contribution >= 4 is 22.8 Å². The molecule has 0 spiro atoms. The summed E-state index contributed by atoms with van der Waals surface area (Å²) in [5, 5.41) is 22.9. The van der Waals surface area contributed by atoms with E-state index in [2.05, 4.69) is 25.8 Å². The Hall–Kier alpha value is -2.93. The van der Waals surface area contributed by atoms with E-state index in [0.29, 0.717) is 5.82 Å². The SMILES string of the molecule is CC(O)C(NC(=O)Nc1cc2cn[nH]c2cn1)c1ccccc1. The van der Waals surface area contributed by atoms with Crippen LogP contribution in [0.5, 0.6) is 0 Å². The molecule has 0 radical (unpaired) electrons. The number of carbonyl (C=O) groups is 1. The number of H-pyrrole nitrogens is 1. The number of aliphatic hydroxyl groups excluding tert-OH is 1. The quantitative estimate of drug-likeness (QED) is 0.593. The number of fused-ring (bicyclic) bond motifs is 1. The zero-order valence-electron chi connectivity index (χ0n) is 12.5. The second-order valence-electron chi connectivity index (χ2n) is 5.25. The van der Waals surface area contributed by atoms with Gasteiger partial charge in [-0.25, -0.2) is 9.78 Å². The lowest BCUT2D eigenvalue weighted by molar-refractivity contribution is 0.148. The van der Waals surface area contributed by atoms with E-state index in [1.54, 1.807) is 25.4 Å². The monoisotopic (exact) mass is 311 g/mol. The molecule has 4 N–H and O–H groups in total. The number of pyridine rings is 1. The number of carbonyl (C=O) groups excluding carboxylic acids is 1. The van der Waals surface area contributed by atoms with Crippen LogP contribution in [0.2, 0.25) is 0 Å². The van der Waals surface area contributed by atoms with Crippen molar-refractivity contribution in [2.75, 3.05) is 5.32 Å². The number of nitrogens with zero attached hydrogens (tertiary/aromatic N) is 2. The zero-order chi connectivity index (χ0) is 16.2. The van der Waals surface area contributed by atoms with Gasteiger partial charge in [0.1, 0.15) is 5.82 Å². The standard InChI is InChI=1S/C16H17N5O2/c1-10(22)15(11-5-3-2-4-6-11)20-16(23)19-14-7-12-8-18-21-13(12)9-17-14/h2-10,15,22H,1H3,(H,18,21)(H2,17,19,20,23). The van der Waals surface area contributed by atoms with Gasteiger partial charge in [-0.1, -0.05) is 30.3 Å². The van der Waals surface area contributed by atoms with Crippen LogP contribution in [0.15, 0.2) is 48.8 Å². The maximum absolute atomic E-state index is 12.2. The van der Waals surface area contributed by atoms with Crippen molar-refractivity contribution in [1.82, 2.24) is 20.5 Å². The number of benzene rings is 1. The van der Waals surface area contributed by atoms with Gasteiger partial charge in [-0.15, -0.1) is 0 Å². The van der Waals surface area contributed by atoms with Crippen molar-refractivity contribution < 1.29 is 9.90 Å². The lowest BCUT2D eigenvalue weighted by atomic mass is 10.0. The molecule has 0 bridgehead atoms. The summed E-state index contributed by atoms with van der Waals surface area (Å²) in [7, 11) is 0. The summed E-state index contributed by atoms with van der Waals surface area (Å²) < 4.78 is 0. The van der Waals surface area contributed by atoms with Crippen LogP contribution in [-0.2, 0) is 0 Å². The third-order valence-electron chi connectivity index (χ3n) is 3.49. The Kier molecular flexibility index (Phi) is 4.20. The first-order chi connectivity index (χ1) is 11.1. The van der Waals surface area contributed by atoms with Crippen LogP contribution < -0.4 is 10.6 Å². The van der Waals surface area contributed by atoms with Crippen molar-refractivity contribution in [1.29, 1.82) is 0 Å². The molecule has 0 aliphatic rings. The number of rotatable bonds is 4. The fourth-order valence-electron chi connectivity index (χ4n) is 2.35. The van der Waals surface area contributed by atoms with Crippen molar-refractivity contribution in [2.45, 2.75) is 19.1 Å². The second kappa shape index (κ2) is 6.45. The van der Waals surface area contributed by atoms with Crippen molar-refractivity contribution in [3.05, 3.63) is 54.4 Å². The van der Waals surface area contributed by atoms with E-state index in [1.165, 1.54) is 0 Å². The van der Waals surface area contributed by atoms with Gasteiger partial charge in [0.2, 0.25) is 0 Å². The van der Waals surface area contributed by atoms with Crippen LogP contribution in [0.4, 0.5) is 10.6 Å². The molecule has 0 saturated carbocycles. The molecule has 2 aromatic heterocycles. The number of anilines is 1. The van der Waals surface area contributed by atoms with Crippen LogP contribution in [-0.4, -0.2) is 32.4 Å². The minimum absolute atomic E-state index is 0.411. The topological polar surface area (TPSA) is 103 Å². The van der Waals surface area contributed by atoms with Crippen LogP contribution in [0.3, 0.4) is 0 Å². The number of hydrogen-bond acceptors (Lipinski definition) is 4. The number of urea groups is 1.